The fourth-order valence-electron chi connectivity index (χ4n) is 3.98. The van der Waals surface area contributed by atoms with Gasteiger partial charge < -0.3 is 24.8 Å². The molecule has 2 aliphatic rings. The maximum atomic E-state index is 13.1. The number of benzene rings is 2. The molecule has 0 bridgehead atoms. The summed E-state index contributed by atoms with van der Waals surface area (Å²) in [6, 6.07) is 13.2. The molecular weight excluding hydrogens is 387 g/mol. The summed E-state index contributed by atoms with van der Waals surface area (Å²) >= 11 is 0. The largest absolute Gasteiger partial charge is 0.495 e. The number of para-hydroxylation sites is 2. The van der Waals surface area contributed by atoms with Crippen LogP contribution in [0.5, 0.6) is 5.75 Å². The number of nitrogens with zero attached hydrogens (tertiary/aromatic N) is 3. The lowest BCUT2D eigenvalue weighted by atomic mass is 10.2. The first-order chi connectivity index (χ1) is 14.5. The van der Waals surface area contributed by atoms with Gasteiger partial charge in [-0.2, -0.15) is 0 Å². The number of carbonyl (C=O) groups is 2. The van der Waals surface area contributed by atoms with E-state index >= 15 is 0 Å². The molecule has 30 heavy (non-hydrogen) atoms. The van der Waals surface area contributed by atoms with Crippen molar-refractivity contribution < 1.29 is 18.7 Å². The second kappa shape index (κ2) is 8.61. The van der Waals surface area contributed by atoms with E-state index in [-0.39, 0.29) is 30.2 Å². The molecule has 1 N–H and O–H groups in total. The molecule has 2 aromatic rings. The van der Waals surface area contributed by atoms with E-state index in [2.05, 4.69) is 10.2 Å². The first-order valence-electron chi connectivity index (χ1n) is 10.0. The Morgan fingerprint density at radius 3 is 2.47 bits per heavy atom. The molecule has 2 heterocycles. The van der Waals surface area contributed by atoms with Gasteiger partial charge in [-0.1, -0.05) is 12.1 Å². The van der Waals surface area contributed by atoms with Gasteiger partial charge >= 0.3 is 6.03 Å². The van der Waals surface area contributed by atoms with E-state index in [9.17, 15) is 14.0 Å². The first kappa shape index (κ1) is 20.0. The Labute approximate surface area is 175 Å². The molecule has 2 aromatic carbocycles. The summed E-state index contributed by atoms with van der Waals surface area (Å²) in [5.74, 6) is 0.399. The summed E-state index contributed by atoms with van der Waals surface area (Å²) in [4.78, 5) is 30.6. The molecule has 2 aliphatic heterocycles. The van der Waals surface area contributed by atoms with E-state index in [1.165, 1.54) is 12.1 Å². The molecule has 0 spiro atoms. The molecule has 0 radical (unpaired) electrons. The number of ether oxygens (including phenoxy) is 1. The van der Waals surface area contributed by atoms with Gasteiger partial charge in [-0.15, -0.1) is 0 Å². The number of nitrogens with one attached hydrogen (secondary N) is 1. The van der Waals surface area contributed by atoms with Crippen molar-refractivity contribution in [1.82, 2.24) is 10.2 Å². The van der Waals surface area contributed by atoms with E-state index in [1.54, 1.807) is 29.0 Å². The highest BCUT2D eigenvalue weighted by Crippen LogP contribution is 2.28. The number of hydrogen-bond donors (Lipinski definition) is 1. The van der Waals surface area contributed by atoms with Crippen molar-refractivity contribution in [2.24, 2.45) is 0 Å². The molecule has 1 unspecified atom stereocenters. The number of amides is 3. The molecule has 4 rings (SSSR count). The zero-order chi connectivity index (χ0) is 21.1. The minimum Gasteiger partial charge on any atom is -0.495 e. The molecule has 7 nitrogen and oxygen atoms in total. The zero-order valence-electron chi connectivity index (χ0n) is 16.9. The Morgan fingerprint density at radius 2 is 1.77 bits per heavy atom. The third-order valence-corrected chi connectivity index (χ3v) is 5.58. The lowest BCUT2D eigenvalue weighted by Crippen LogP contribution is -2.54. The Balaban J connectivity index is 1.31. The van der Waals surface area contributed by atoms with Crippen LogP contribution in [0.4, 0.5) is 20.6 Å². The topological polar surface area (TPSA) is 65.1 Å². The molecule has 3 amide bonds. The van der Waals surface area contributed by atoms with Gasteiger partial charge in [0.05, 0.1) is 18.8 Å². The van der Waals surface area contributed by atoms with Gasteiger partial charge in [-0.05, 0) is 36.4 Å². The van der Waals surface area contributed by atoms with Crippen LogP contribution in [0, 0.1) is 5.82 Å². The number of urea groups is 1. The van der Waals surface area contributed by atoms with Crippen molar-refractivity contribution in [2.75, 3.05) is 49.6 Å². The highest BCUT2D eigenvalue weighted by atomic mass is 19.1. The maximum absolute atomic E-state index is 13.1. The monoisotopic (exact) mass is 412 g/mol. The summed E-state index contributed by atoms with van der Waals surface area (Å²) in [6.45, 7) is 2.98. The van der Waals surface area contributed by atoms with Crippen LogP contribution in [0.25, 0.3) is 0 Å². The SMILES string of the molecule is COc1ccccc1N1CCN(C(=O)NC2CC(=O)N(c3ccc(F)cc3)C2)CC1. The number of rotatable bonds is 4. The van der Waals surface area contributed by atoms with Crippen LogP contribution < -0.4 is 19.9 Å². The van der Waals surface area contributed by atoms with Gasteiger partial charge in [0.15, 0.2) is 0 Å². The summed E-state index contributed by atoms with van der Waals surface area (Å²) in [5, 5.41) is 2.97. The minimum atomic E-state index is -0.345. The van der Waals surface area contributed by atoms with Crippen molar-refractivity contribution in [3.63, 3.8) is 0 Å². The fraction of sp³-hybridized carbons (Fsp3) is 0.364. The number of piperazine rings is 1. The highest BCUT2D eigenvalue weighted by Gasteiger charge is 2.33. The van der Waals surface area contributed by atoms with Crippen LogP contribution in [0.3, 0.4) is 0 Å². The Bertz CT molecular complexity index is 913. The van der Waals surface area contributed by atoms with Gasteiger partial charge in [0.2, 0.25) is 5.91 Å². The van der Waals surface area contributed by atoms with Crippen molar-refractivity contribution in [3.8, 4) is 5.75 Å². The third kappa shape index (κ3) is 4.17. The number of methoxy groups -OCH3 is 1. The summed E-state index contributed by atoms with van der Waals surface area (Å²) in [7, 11) is 1.65. The van der Waals surface area contributed by atoms with Crippen molar-refractivity contribution in [2.45, 2.75) is 12.5 Å². The molecular formula is C22H25FN4O3. The van der Waals surface area contributed by atoms with E-state index in [0.717, 1.165) is 11.4 Å². The molecule has 2 saturated heterocycles. The minimum absolute atomic E-state index is 0.0760. The summed E-state index contributed by atoms with van der Waals surface area (Å²) in [6.07, 6.45) is 0.240. The summed E-state index contributed by atoms with van der Waals surface area (Å²) in [5.41, 5.74) is 1.67. The zero-order valence-corrected chi connectivity index (χ0v) is 16.9. The Morgan fingerprint density at radius 1 is 1.07 bits per heavy atom. The molecule has 0 aromatic heterocycles. The van der Waals surface area contributed by atoms with Crippen LogP contribution in [0.1, 0.15) is 6.42 Å². The second-order valence-electron chi connectivity index (χ2n) is 7.48. The van der Waals surface area contributed by atoms with Crippen LogP contribution in [0.15, 0.2) is 48.5 Å². The van der Waals surface area contributed by atoms with Crippen molar-refractivity contribution >= 4 is 23.3 Å². The molecule has 1 atom stereocenters. The fourth-order valence-corrected chi connectivity index (χ4v) is 3.98. The number of carbonyl (C=O) groups excluding carboxylic acids is 2. The molecule has 2 fully saturated rings. The molecule has 8 heteroatoms. The van der Waals surface area contributed by atoms with Crippen molar-refractivity contribution in [1.29, 1.82) is 0 Å². The average Bonchev–Trinajstić information content (AvgIpc) is 3.14. The van der Waals surface area contributed by atoms with Gasteiger partial charge in [0, 0.05) is 44.8 Å². The predicted molar refractivity (Wildman–Crippen MR) is 112 cm³/mol. The van der Waals surface area contributed by atoms with Gasteiger partial charge in [0.25, 0.3) is 0 Å². The normalized spacial score (nSPS) is 19.2. The third-order valence-electron chi connectivity index (χ3n) is 5.58. The lowest BCUT2D eigenvalue weighted by molar-refractivity contribution is -0.117. The molecule has 158 valence electrons. The van der Waals surface area contributed by atoms with E-state index in [0.29, 0.717) is 38.4 Å². The van der Waals surface area contributed by atoms with E-state index in [4.69, 9.17) is 4.74 Å². The standard InChI is InChI=1S/C22H25FN4O3/c1-30-20-5-3-2-4-19(20)25-10-12-26(13-11-25)22(29)24-17-14-21(28)27(15-17)18-8-6-16(23)7-9-18/h2-9,17H,10-15H2,1H3,(H,24,29). The van der Waals surface area contributed by atoms with Gasteiger partial charge in [-0.3, -0.25) is 4.79 Å². The van der Waals surface area contributed by atoms with Crippen LogP contribution in [-0.4, -0.2) is 62.7 Å². The quantitative estimate of drug-likeness (QED) is 0.838. The number of halogens is 1. The molecule has 0 saturated carbocycles. The Kier molecular flexibility index (Phi) is 5.74. The predicted octanol–water partition coefficient (Wildman–Crippen LogP) is 2.47. The van der Waals surface area contributed by atoms with E-state index < -0.39 is 0 Å². The highest BCUT2D eigenvalue weighted by molar-refractivity contribution is 5.96. The lowest BCUT2D eigenvalue weighted by Gasteiger charge is -2.37. The second-order valence-corrected chi connectivity index (χ2v) is 7.48. The van der Waals surface area contributed by atoms with Gasteiger partial charge in [-0.25, -0.2) is 9.18 Å². The smallest absolute Gasteiger partial charge is 0.317 e. The molecule has 0 aliphatic carbocycles. The average molecular weight is 412 g/mol. The first-order valence-corrected chi connectivity index (χ1v) is 10.0. The summed E-state index contributed by atoms with van der Waals surface area (Å²) < 4.78 is 18.6. The number of hydrogen-bond acceptors (Lipinski definition) is 4. The van der Waals surface area contributed by atoms with Crippen LogP contribution in [-0.2, 0) is 4.79 Å². The Hall–Kier alpha value is -3.29. The maximum Gasteiger partial charge on any atom is 0.317 e. The van der Waals surface area contributed by atoms with E-state index in [1.807, 2.05) is 24.3 Å². The van der Waals surface area contributed by atoms with Crippen LogP contribution >= 0.6 is 0 Å². The number of anilines is 2. The van der Waals surface area contributed by atoms with Crippen LogP contribution in [0.2, 0.25) is 0 Å². The van der Waals surface area contributed by atoms with Gasteiger partial charge in [0.1, 0.15) is 11.6 Å². The van der Waals surface area contributed by atoms with Crippen molar-refractivity contribution in [3.05, 3.63) is 54.3 Å².